The van der Waals surface area contributed by atoms with Crippen molar-refractivity contribution in [2.24, 2.45) is 0 Å². The first-order valence-corrected chi connectivity index (χ1v) is 18.8. The van der Waals surface area contributed by atoms with Crippen molar-refractivity contribution in [3.05, 3.63) is 143 Å². The Morgan fingerprint density at radius 2 is 1.55 bits per heavy atom. The number of amides is 2. The fraction of sp³-hybridized carbons (Fsp3) is 0.200. The van der Waals surface area contributed by atoms with Gasteiger partial charge >= 0.3 is 26.0 Å². The van der Waals surface area contributed by atoms with E-state index in [1.54, 1.807) is 43.3 Å². The number of para-hydroxylation sites is 2. The zero-order chi connectivity index (χ0) is 39.9. The van der Waals surface area contributed by atoms with Crippen LogP contribution >= 0.6 is 7.82 Å². The van der Waals surface area contributed by atoms with E-state index < -0.39 is 50.3 Å². The minimum atomic E-state index is -4.66. The third kappa shape index (κ3) is 9.88. The summed E-state index contributed by atoms with van der Waals surface area (Å²) in [6.45, 7) is 2.09. The summed E-state index contributed by atoms with van der Waals surface area (Å²) < 4.78 is 38.3. The number of aromatic nitrogens is 1. The lowest BCUT2D eigenvalue weighted by Gasteiger charge is -2.30. The Hall–Kier alpha value is -6.25. The Morgan fingerprint density at radius 1 is 0.857 bits per heavy atom. The number of phosphoric acid groups is 1. The van der Waals surface area contributed by atoms with Crippen LogP contribution in [0.2, 0.25) is 0 Å². The number of nitrogens with zero attached hydrogens (tertiary/aromatic N) is 1. The van der Waals surface area contributed by atoms with Gasteiger partial charge in [-0.1, -0.05) is 78.9 Å². The topological polar surface area (TPSA) is 205 Å². The van der Waals surface area contributed by atoms with Crippen molar-refractivity contribution in [2.75, 3.05) is 6.79 Å². The lowest BCUT2D eigenvalue weighted by atomic mass is 9.91. The summed E-state index contributed by atoms with van der Waals surface area (Å²) >= 11 is 0. The predicted molar refractivity (Wildman–Crippen MR) is 202 cm³/mol. The molecule has 0 saturated carbocycles. The number of esters is 1. The van der Waals surface area contributed by atoms with E-state index in [0.717, 1.165) is 10.9 Å². The number of nitrogens with one attached hydrogen (secondary N) is 2. The Kier molecular flexibility index (Phi) is 12.0. The zero-order valence-electron chi connectivity index (χ0n) is 30.2. The summed E-state index contributed by atoms with van der Waals surface area (Å²) in [6.07, 6.45) is -0.344. The van der Waals surface area contributed by atoms with Crippen molar-refractivity contribution >= 4 is 53.8 Å². The summed E-state index contributed by atoms with van der Waals surface area (Å²) in [6, 6.07) is 30.5. The lowest BCUT2D eigenvalue weighted by Crippen LogP contribution is -2.58. The van der Waals surface area contributed by atoms with E-state index in [9.17, 15) is 23.7 Å². The average molecular weight is 784 g/mol. The molecular formula is C40H38N3O12P. The van der Waals surface area contributed by atoms with Crippen molar-refractivity contribution in [3.8, 4) is 0 Å². The van der Waals surface area contributed by atoms with E-state index in [2.05, 4.69) is 15.2 Å². The normalized spacial score (nSPS) is 13.1. The summed E-state index contributed by atoms with van der Waals surface area (Å²) in [7, 11) is -4.66. The van der Waals surface area contributed by atoms with Crippen molar-refractivity contribution in [1.29, 1.82) is 0 Å². The third-order valence-electron chi connectivity index (χ3n) is 8.84. The van der Waals surface area contributed by atoms with Gasteiger partial charge in [0.1, 0.15) is 16.9 Å². The summed E-state index contributed by atoms with van der Waals surface area (Å²) in [4.78, 5) is 71.1. The van der Waals surface area contributed by atoms with E-state index >= 15 is 0 Å². The summed E-state index contributed by atoms with van der Waals surface area (Å²) in [5, 5.41) is 7.17. The number of phosphoric ester groups is 1. The van der Waals surface area contributed by atoms with E-state index in [0.29, 0.717) is 33.4 Å². The highest BCUT2D eigenvalue weighted by Gasteiger charge is 2.38. The largest absolute Gasteiger partial charge is 0.469 e. The molecule has 4 aromatic carbocycles. The number of hydrogen-bond donors (Lipinski definition) is 4. The van der Waals surface area contributed by atoms with Crippen molar-refractivity contribution in [1.82, 2.24) is 15.2 Å². The van der Waals surface area contributed by atoms with Crippen molar-refractivity contribution in [3.63, 3.8) is 0 Å². The second-order valence-corrected chi connectivity index (χ2v) is 14.3. The molecule has 6 rings (SSSR count). The smallest absolute Gasteiger partial charge is 0.457 e. The van der Waals surface area contributed by atoms with E-state index in [-0.39, 0.29) is 25.2 Å². The summed E-state index contributed by atoms with van der Waals surface area (Å²) in [5.41, 5.74) is 1.33. The van der Waals surface area contributed by atoms with E-state index in [1.165, 1.54) is 35.0 Å². The van der Waals surface area contributed by atoms with Gasteiger partial charge < -0.3 is 39.0 Å². The molecule has 0 radical (unpaired) electrons. The van der Waals surface area contributed by atoms with Gasteiger partial charge in [0.25, 0.3) is 0 Å². The van der Waals surface area contributed by atoms with Crippen LogP contribution in [0.3, 0.4) is 0 Å². The van der Waals surface area contributed by atoms with Gasteiger partial charge in [0.05, 0.1) is 23.7 Å². The minimum Gasteiger partial charge on any atom is -0.457 e. The number of hydrogen-bond acceptors (Lipinski definition) is 10. The Morgan fingerprint density at radius 3 is 2.29 bits per heavy atom. The molecule has 0 aliphatic heterocycles. The molecule has 2 amide bonds. The lowest BCUT2D eigenvalue weighted by molar-refractivity contribution is -0.127. The van der Waals surface area contributed by atoms with Crippen LogP contribution in [0.15, 0.2) is 120 Å². The van der Waals surface area contributed by atoms with E-state index in [1.807, 2.05) is 55.5 Å². The molecule has 6 aromatic rings. The van der Waals surface area contributed by atoms with Gasteiger partial charge in [0.15, 0.2) is 6.61 Å². The Balaban J connectivity index is 1.16. The van der Waals surface area contributed by atoms with Crippen LogP contribution in [0.4, 0.5) is 9.59 Å². The van der Waals surface area contributed by atoms with Crippen molar-refractivity contribution < 1.29 is 56.7 Å². The van der Waals surface area contributed by atoms with Gasteiger partial charge in [0.2, 0.25) is 12.7 Å². The van der Waals surface area contributed by atoms with Gasteiger partial charge in [-0.2, -0.15) is 0 Å². The SMILES string of the molecule is C[C@H](NC(=O)[C@@](C)(Cc1cn(C(=O)OCOC(=O)c2ccc(COP(=O)(O)O)cc2)c2ccccc12)NC(=O)OCc1cc2ccccc2o1)c1ccccc1. The number of benzene rings is 4. The molecule has 4 N–H and O–H groups in total. The Bertz CT molecular complexity index is 2370. The van der Waals surface area contributed by atoms with Gasteiger partial charge in [0, 0.05) is 23.4 Å². The Labute approximate surface area is 320 Å². The van der Waals surface area contributed by atoms with Gasteiger partial charge in [-0.3, -0.25) is 13.9 Å². The van der Waals surface area contributed by atoms with Crippen LogP contribution in [0.5, 0.6) is 0 Å². The molecule has 2 aromatic heterocycles. The quantitative estimate of drug-likeness (QED) is 0.0506. The number of carbonyl (C=O) groups is 4. The molecule has 290 valence electrons. The molecule has 0 saturated heterocycles. The van der Waals surface area contributed by atoms with Crippen LogP contribution in [-0.2, 0) is 47.7 Å². The second-order valence-electron chi connectivity index (χ2n) is 13.0. The number of furan rings is 1. The van der Waals surface area contributed by atoms with E-state index in [4.69, 9.17) is 28.4 Å². The van der Waals surface area contributed by atoms with Crippen LogP contribution in [-0.4, -0.2) is 50.7 Å². The van der Waals surface area contributed by atoms with Crippen LogP contribution in [0.1, 0.15) is 52.7 Å². The van der Waals surface area contributed by atoms with Crippen molar-refractivity contribution in [2.45, 2.75) is 45.1 Å². The summed E-state index contributed by atoms with van der Waals surface area (Å²) in [5.74, 6) is -0.909. The molecule has 0 aliphatic rings. The molecular weight excluding hydrogens is 745 g/mol. The highest BCUT2D eigenvalue weighted by atomic mass is 31.2. The predicted octanol–water partition coefficient (Wildman–Crippen LogP) is 6.90. The number of rotatable bonds is 14. The standard InChI is InChI=1S/C40H38N3O12P/c1-26(28-10-4-3-5-11-28)41-37(45)40(2,42-38(46)51-24-32-20-30-12-6-9-15-35(30)55-32)21-31-22-43(34-14-8-7-13-33(31)34)39(47)53-25-52-36(44)29-18-16-27(17-19-29)23-54-56(48,49)50/h3-20,22,26H,21,23-25H2,1-2H3,(H,41,45)(H,42,46)(H2,48,49,50)/t26-,40+/m0/s1. The van der Waals surface area contributed by atoms with Gasteiger partial charge in [-0.25, -0.2) is 18.9 Å². The molecule has 0 bridgehead atoms. The van der Waals surface area contributed by atoms with Gasteiger partial charge in [-0.15, -0.1) is 0 Å². The molecule has 0 aliphatic carbocycles. The third-order valence-corrected chi connectivity index (χ3v) is 9.31. The monoisotopic (exact) mass is 783 g/mol. The first-order valence-electron chi connectivity index (χ1n) is 17.3. The fourth-order valence-corrected chi connectivity index (χ4v) is 6.29. The fourth-order valence-electron chi connectivity index (χ4n) is 5.97. The molecule has 56 heavy (non-hydrogen) atoms. The van der Waals surface area contributed by atoms with Crippen LogP contribution < -0.4 is 10.6 Å². The highest BCUT2D eigenvalue weighted by molar-refractivity contribution is 7.46. The number of fused-ring (bicyclic) bond motifs is 2. The maximum absolute atomic E-state index is 14.1. The first kappa shape index (κ1) is 39.4. The maximum atomic E-state index is 14.1. The average Bonchev–Trinajstić information content (AvgIpc) is 3.77. The number of alkyl carbamates (subject to hydrolysis) is 1. The molecule has 2 atom stereocenters. The van der Waals surface area contributed by atoms with Gasteiger partial charge in [-0.05, 0) is 60.9 Å². The molecule has 16 heteroatoms. The zero-order valence-corrected chi connectivity index (χ0v) is 31.1. The second kappa shape index (κ2) is 17.0. The molecule has 15 nitrogen and oxygen atoms in total. The maximum Gasteiger partial charge on any atom is 0.469 e. The number of ether oxygens (including phenoxy) is 3. The minimum absolute atomic E-state index is 0.0783. The molecule has 2 heterocycles. The molecule has 0 fully saturated rings. The van der Waals surface area contributed by atoms with Crippen LogP contribution in [0, 0.1) is 0 Å². The first-order chi connectivity index (χ1) is 26.8. The van der Waals surface area contributed by atoms with Crippen LogP contribution in [0.25, 0.3) is 21.9 Å². The highest BCUT2D eigenvalue weighted by Crippen LogP contribution is 2.37. The number of carbonyl (C=O) groups excluding carboxylic acids is 4. The molecule has 0 unspecified atom stereocenters. The molecule has 0 spiro atoms.